The maximum absolute atomic E-state index is 14.0. The number of rotatable bonds is 10. The number of likely N-dealkylation sites (tertiary alicyclic amines) is 1. The van der Waals surface area contributed by atoms with Gasteiger partial charge in [0, 0.05) is 36.9 Å². The molecule has 8 rings (SSSR count). The number of aliphatic hydroxyl groups excluding tert-OH is 1. The van der Waals surface area contributed by atoms with Crippen LogP contribution in [0.2, 0.25) is 0 Å². The second kappa shape index (κ2) is 12.2. The highest BCUT2D eigenvalue weighted by Gasteiger charge is 2.64. The lowest BCUT2D eigenvalue weighted by molar-refractivity contribution is -0.209. The van der Waals surface area contributed by atoms with Crippen LogP contribution in [0.4, 0.5) is 0 Å². The minimum atomic E-state index is -0.710. The van der Waals surface area contributed by atoms with Gasteiger partial charge in [0.1, 0.15) is 24.4 Å². The number of hydrogen-bond acceptors (Lipinski definition) is 8. The molecular formula is C36H44N2O8. The summed E-state index contributed by atoms with van der Waals surface area (Å²) in [5.74, 6) is -0.532. The van der Waals surface area contributed by atoms with E-state index < -0.39 is 36.1 Å². The fourth-order valence-corrected chi connectivity index (χ4v) is 8.16. The van der Waals surface area contributed by atoms with Crippen LogP contribution in [0, 0.1) is 17.8 Å². The summed E-state index contributed by atoms with van der Waals surface area (Å²) in [6, 6.07) is 6.87. The third-order valence-electron chi connectivity index (χ3n) is 10.9. The molecule has 3 saturated heterocycles. The van der Waals surface area contributed by atoms with Crippen LogP contribution in [-0.2, 0) is 28.5 Å². The van der Waals surface area contributed by atoms with E-state index in [2.05, 4.69) is 17.5 Å². The summed E-state index contributed by atoms with van der Waals surface area (Å²) in [5.41, 5.74) is 1.87. The Morgan fingerprint density at radius 3 is 2.63 bits per heavy atom. The van der Waals surface area contributed by atoms with Crippen molar-refractivity contribution in [1.29, 1.82) is 0 Å². The van der Waals surface area contributed by atoms with Crippen LogP contribution in [0.5, 0.6) is 0 Å². The Balaban J connectivity index is 1.01. The van der Waals surface area contributed by atoms with Crippen molar-refractivity contribution < 1.29 is 38.4 Å². The number of benzene rings is 1. The number of aliphatic hydroxyl groups is 1. The number of fused-ring (bicyclic) bond motifs is 2. The first kappa shape index (κ1) is 30.3. The quantitative estimate of drug-likeness (QED) is 0.297. The van der Waals surface area contributed by atoms with Gasteiger partial charge in [0.25, 0.3) is 0 Å². The van der Waals surface area contributed by atoms with E-state index in [9.17, 15) is 14.4 Å². The number of epoxide rings is 1. The van der Waals surface area contributed by atoms with Crippen molar-refractivity contribution in [3.8, 4) is 0 Å². The number of hydrogen-bond donors (Lipinski definition) is 2. The van der Waals surface area contributed by atoms with Gasteiger partial charge in [0.2, 0.25) is 11.8 Å². The van der Waals surface area contributed by atoms with Gasteiger partial charge in [-0.3, -0.25) is 9.59 Å². The lowest BCUT2D eigenvalue weighted by atomic mass is 9.88. The summed E-state index contributed by atoms with van der Waals surface area (Å²) in [4.78, 5) is 42.1. The smallest absolute Gasteiger partial charge is 0.338 e. The maximum atomic E-state index is 14.0. The number of carbonyl (C=O) groups is 3. The summed E-state index contributed by atoms with van der Waals surface area (Å²) in [5, 5.41) is 11.9. The van der Waals surface area contributed by atoms with E-state index >= 15 is 0 Å². The van der Waals surface area contributed by atoms with Gasteiger partial charge < -0.3 is 34.3 Å². The van der Waals surface area contributed by atoms with E-state index in [4.69, 9.17) is 24.1 Å². The lowest BCUT2D eigenvalue weighted by Gasteiger charge is -2.33. The van der Waals surface area contributed by atoms with E-state index in [1.807, 2.05) is 24.3 Å². The topological polar surface area (TPSA) is 127 Å². The lowest BCUT2D eigenvalue weighted by Crippen LogP contribution is -2.49. The fraction of sp³-hybridized carbons (Fsp3) is 0.639. The summed E-state index contributed by atoms with van der Waals surface area (Å²) in [6.07, 6.45) is 14.2. The predicted molar refractivity (Wildman–Crippen MR) is 166 cm³/mol. The third-order valence-corrected chi connectivity index (χ3v) is 10.9. The monoisotopic (exact) mass is 632 g/mol. The maximum Gasteiger partial charge on any atom is 0.338 e. The molecule has 0 spiro atoms. The molecule has 0 bridgehead atoms. The molecule has 246 valence electrons. The minimum absolute atomic E-state index is 0.144. The number of nitrogens with one attached hydrogen (secondary N) is 1. The van der Waals surface area contributed by atoms with E-state index in [1.54, 1.807) is 11.0 Å². The van der Waals surface area contributed by atoms with Crippen molar-refractivity contribution >= 4 is 23.9 Å². The molecule has 2 N–H and O–H groups in total. The van der Waals surface area contributed by atoms with Crippen LogP contribution in [0.15, 0.2) is 42.0 Å². The van der Waals surface area contributed by atoms with E-state index in [1.165, 1.54) is 0 Å². The Labute approximate surface area is 269 Å². The average Bonchev–Trinajstić information content (AvgIpc) is 3.99. The Morgan fingerprint density at radius 1 is 1.04 bits per heavy atom. The fourth-order valence-electron chi connectivity index (χ4n) is 8.16. The van der Waals surface area contributed by atoms with Gasteiger partial charge in [0.05, 0.1) is 24.4 Å². The Morgan fingerprint density at radius 2 is 1.87 bits per heavy atom. The second-order valence-electron chi connectivity index (χ2n) is 14.2. The number of allylic oxidation sites excluding steroid dienone is 1. The number of carbonyl (C=O) groups excluding carboxylic acids is 3. The standard InChI is InChI=1S/C36H44N2O8/c39-16-14-37-33(40)27-5-2-15-38(27)34(41)24-19-30(32-31(20-24)45-36(46-32,25-9-10-25)26-11-12-26)44-35(42)23-4-1-3-21(17-23)6-7-22-8-13-28-29(18-22)43-28/h1,3-4,6-7,17,20,22,25-32,39H,2,5,8-16,18-19H2,(H,37,40)/t22?,27-,28?,29?,30-,31-,32+/m1/s1. The number of esters is 1. The molecule has 6 fully saturated rings. The zero-order valence-electron chi connectivity index (χ0n) is 26.2. The van der Waals surface area contributed by atoms with Crippen LogP contribution in [-0.4, -0.2) is 89.8 Å². The van der Waals surface area contributed by atoms with E-state index in [0.29, 0.717) is 60.5 Å². The van der Waals surface area contributed by atoms with Gasteiger partial charge in [-0.25, -0.2) is 4.79 Å². The molecule has 46 heavy (non-hydrogen) atoms. The molecule has 4 aliphatic carbocycles. The zero-order valence-corrected chi connectivity index (χ0v) is 26.2. The third kappa shape index (κ3) is 5.93. The first-order chi connectivity index (χ1) is 22.4. The summed E-state index contributed by atoms with van der Waals surface area (Å²) in [7, 11) is 0. The highest BCUT2D eigenvalue weighted by atomic mass is 16.8. The molecule has 0 radical (unpaired) electrons. The summed E-state index contributed by atoms with van der Waals surface area (Å²) < 4.78 is 25.4. The predicted octanol–water partition coefficient (Wildman–Crippen LogP) is 3.52. The molecule has 7 aliphatic rings. The highest BCUT2D eigenvalue weighted by Crippen LogP contribution is 2.59. The van der Waals surface area contributed by atoms with Gasteiger partial charge >= 0.3 is 5.97 Å². The first-order valence-electron chi connectivity index (χ1n) is 17.3. The van der Waals surface area contributed by atoms with Crippen molar-refractivity contribution in [1.82, 2.24) is 10.2 Å². The van der Waals surface area contributed by atoms with Crippen LogP contribution >= 0.6 is 0 Å². The van der Waals surface area contributed by atoms with E-state index in [0.717, 1.165) is 50.5 Å². The van der Waals surface area contributed by atoms with Crippen LogP contribution in [0.1, 0.15) is 80.1 Å². The summed E-state index contributed by atoms with van der Waals surface area (Å²) in [6.45, 7) is 0.447. The molecule has 0 aromatic heterocycles. The van der Waals surface area contributed by atoms with Gasteiger partial charge in [-0.1, -0.05) is 24.3 Å². The van der Waals surface area contributed by atoms with Crippen LogP contribution in [0.25, 0.3) is 6.08 Å². The van der Waals surface area contributed by atoms with Gasteiger partial charge in [-0.2, -0.15) is 0 Å². The van der Waals surface area contributed by atoms with Crippen molar-refractivity contribution in [3.05, 3.63) is 53.1 Å². The van der Waals surface area contributed by atoms with Crippen molar-refractivity contribution in [2.24, 2.45) is 17.8 Å². The van der Waals surface area contributed by atoms with Crippen molar-refractivity contribution in [2.75, 3.05) is 19.7 Å². The van der Waals surface area contributed by atoms with E-state index in [-0.39, 0.29) is 31.4 Å². The largest absolute Gasteiger partial charge is 0.456 e. The minimum Gasteiger partial charge on any atom is -0.456 e. The molecule has 3 saturated carbocycles. The van der Waals surface area contributed by atoms with Gasteiger partial charge in [0.15, 0.2) is 5.79 Å². The highest BCUT2D eigenvalue weighted by molar-refractivity contribution is 5.98. The van der Waals surface area contributed by atoms with Gasteiger partial charge in [-0.15, -0.1) is 0 Å². The second-order valence-corrected chi connectivity index (χ2v) is 14.2. The molecule has 2 amide bonds. The molecule has 1 aromatic carbocycles. The molecule has 3 aliphatic heterocycles. The zero-order chi connectivity index (χ0) is 31.4. The van der Waals surface area contributed by atoms with Crippen molar-refractivity contribution in [2.45, 2.75) is 107 Å². The van der Waals surface area contributed by atoms with Crippen LogP contribution in [0.3, 0.4) is 0 Å². The molecule has 10 nitrogen and oxygen atoms in total. The van der Waals surface area contributed by atoms with Gasteiger partial charge in [-0.05, 0) is 87.5 Å². The molecule has 3 heterocycles. The molecule has 10 heteroatoms. The number of nitrogens with zero attached hydrogens (tertiary/aromatic N) is 1. The molecular weight excluding hydrogens is 588 g/mol. The Kier molecular flexibility index (Phi) is 8.03. The normalized spacial score (nSPS) is 34.5. The molecule has 1 aromatic rings. The SMILES string of the molecule is O=C(O[C@@H]1CC(C(=O)N2CCC[C@@H]2C(=O)NCCO)=C[C@H]2OC(C3CC3)(C3CC3)O[C@H]21)c1cccc(C=CC2CCC3OC3C2)c1. The Bertz CT molecular complexity index is 1420. The molecule has 7 atom stereocenters. The van der Waals surface area contributed by atoms with Crippen LogP contribution < -0.4 is 5.32 Å². The summed E-state index contributed by atoms with van der Waals surface area (Å²) >= 11 is 0. The molecule has 3 unspecified atom stereocenters. The first-order valence-corrected chi connectivity index (χ1v) is 17.3. The number of ether oxygens (including phenoxy) is 4. The average molecular weight is 633 g/mol. The number of amides is 2. The van der Waals surface area contributed by atoms with Crippen molar-refractivity contribution in [3.63, 3.8) is 0 Å². The Hall–Kier alpha value is -3.05.